The normalized spacial score (nSPS) is 15.1. The Labute approximate surface area is 114 Å². The van der Waals surface area contributed by atoms with Gasteiger partial charge in [-0.1, -0.05) is 17.7 Å². The van der Waals surface area contributed by atoms with Gasteiger partial charge < -0.3 is 15.5 Å². The van der Waals surface area contributed by atoms with Gasteiger partial charge in [0.15, 0.2) is 0 Å². The van der Waals surface area contributed by atoms with Crippen LogP contribution in [0.15, 0.2) is 18.2 Å². The summed E-state index contributed by atoms with van der Waals surface area (Å²) in [5.74, 6) is -0.671. The van der Waals surface area contributed by atoms with Gasteiger partial charge >= 0.3 is 6.03 Å². The number of nitrogens with one attached hydrogen (secondary N) is 2. The monoisotopic (exact) mass is 285 g/mol. The molecule has 0 bridgehead atoms. The molecule has 102 valence electrons. The Bertz CT molecular complexity index is 510. The minimum atomic E-state index is -0.496. The number of carbonyl (C=O) groups excluding carboxylic acids is 2. The maximum atomic E-state index is 13.0. The van der Waals surface area contributed by atoms with Crippen LogP contribution in [0.3, 0.4) is 0 Å². The van der Waals surface area contributed by atoms with E-state index in [-0.39, 0.29) is 30.1 Å². The fourth-order valence-electron chi connectivity index (χ4n) is 1.75. The molecule has 1 aliphatic rings. The third kappa shape index (κ3) is 3.57. The topological polar surface area (TPSA) is 61.4 Å². The number of amides is 3. The minimum absolute atomic E-state index is 0.0177. The van der Waals surface area contributed by atoms with Gasteiger partial charge in [0.2, 0.25) is 5.91 Å². The first-order valence-corrected chi connectivity index (χ1v) is 6.17. The van der Waals surface area contributed by atoms with Crippen LogP contribution in [0.25, 0.3) is 0 Å². The fourth-order valence-corrected chi connectivity index (χ4v) is 1.95. The second-order valence-corrected chi connectivity index (χ2v) is 4.59. The third-order valence-corrected chi connectivity index (χ3v) is 3.04. The molecule has 1 heterocycles. The highest BCUT2D eigenvalue weighted by molar-refractivity contribution is 6.30. The lowest BCUT2D eigenvalue weighted by atomic mass is 10.2. The van der Waals surface area contributed by atoms with E-state index in [0.29, 0.717) is 18.7 Å². The lowest BCUT2D eigenvalue weighted by Crippen LogP contribution is -2.52. The Morgan fingerprint density at radius 3 is 3.00 bits per heavy atom. The summed E-state index contributed by atoms with van der Waals surface area (Å²) in [6.45, 7) is 1.21. The van der Waals surface area contributed by atoms with Gasteiger partial charge in [-0.2, -0.15) is 0 Å². The van der Waals surface area contributed by atoms with Crippen molar-refractivity contribution >= 4 is 23.5 Å². The highest BCUT2D eigenvalue weighted by Gasteiger charge is 2.20. The molecular formula is C12H13ClFN3O2. The second-order valence-electron chi connectivity index (χ2n) is 4.18. The van der Waals surface area contributed by atoms with Gasteiger partial charge in [0.1, 0.15) is 12.4 Å². The van der Waals surface area contributed by atoms with Crippen molar-refractivity contribution in [2.45, 2.75) is 6.54 Å². The van der Waals surface area contributed by atoms with Crippen LogP contribution in [-0.4, -0.2) is 36.5 Å². The van der Waals surface area contributed by atoms with Crippen LogP contribution < -0.4 is 10.6 Å². The number of urea groups is 1. The predicted molar refractivity (Wildman–Crippen MR) is 68.2 cm³/mol. The number of benzene rings is 1. The summed E-state index contributed by atoms with van der Waals surface area (Å²) >= 11 is 5.65. The molecule has 0 aromatic heterocycles. The summed E-state index contributed by atoms with van der Waals surface area (Å²) in [6.07, 6.45) is 0. The molecule has 0 unspecified atom stereocenters. The van der Waals surface area contributed by atoms with Crippen LogP contribution in [0.5, 0.6) is 0 Å². The maximum absolute atomic E-state index is 13.0. The maximum Gasteiger partial charge on any atom is 0.318 e. The van der Waals surface area contributed by atoms with Crippen molar-refractivity contribution in [1.29, 1.82) is 0 Å². The number of piperazine rings is 1. The van der Waals surface area contributed by atoms with E-state index in [4.69, 9.17) is 11.6 Å². The van der Waals surface area contributed by atoms with Crippen LogP contribution >= 0.6 is 11.6 Å². The van der Waals surface area contributed by atoms with Crippen LogP contribution in [0.2, 0.25) is 5.02 Å². The van der Waals surface area contributed by atoms with Crippen molar-refractivity contribution in [2.24, 2.45) is 0 Å². The molecule has 1 aromatic rings. The summed E-state index contributed by atoms with van der Waals surface area (Å²) in [7, 11) is 0. The van der Waals surface area contributed by atoms with Gasteiger partial charge in [-0.25, -0.2) is 9.18 Å². The minimum Gasteiger partial charge on any atom is -0.353 e. The van der Waals surface area contributed by atoms with Crippen molar-refractivity contribution in [2.75, 3.05) is 19.6 Å². The number of carbonyl (C=O) groups is 2. The van der Waals surface area contributed by atoms with Crippen molar-refractivity contribution in [1.82, 2.24) is 15.5 Å². The summed E-state index contributed by atoms with van der Waals surface area (Å²) in [5, 5.41) is 5.31. The SMILES string of the molecule is O=C1CN(C(=O)NCc2ccc(F)c(Cl)c2)CCN1. The van der Waals surface area contributed by atoms with Gasteiger partial charge in [-0.3, -0.25) is 4.79 Å². The molecule has 0 aliphatic carbocycles. The Kier molecular flexibility index (Phi) is 4.21. The smallest absolute Gasteiger partial charge is 0.318 e. The third-order valence-electron chi connectivity index (χ3n) is 2.75. The van der Waals surface area contributed by atoms with E-state index in [2.05, 4.69) is 10.6 Å². The van der Waals surface area contributed by atoms with Gasteiger partial charge in [0.25, 0.3) is 0 Å². The first-order chi connectivity index (χ1) is 9.06. The Morgan fingerprint density at radius 1 is 1.53 bits per heavy atom. The molecule has 0 radical (unpaired) electrons. The van der Waals surface area contributed by atoms with E-state index < -0.39 is 5.82 Å². The molecule has 1 aromatic carbocycles. The van der Waals surface area contributed by atoms with Crippen molar-refractivity contribution in [3.05, 3.63) is 34.6 Å². The quantitative estimate of drug-likeness (QED) is 0.855. The number of hydrogen-bond donors (Lipinski definition) is 2. The summed E-state index contributed by atoms with van der Waals surface area (Å²) in [4.78, 5) is 24.4. The number of rotatable bonds is 2. The lowest BCUT2D eigenvalue weighted by Gasteiger charge is -2.26. The van der Waals surface area contributed by atoms with Crippen LogP contribution in [0, 0.1) is 5.82 Å². The Balaban J connectivity index is 1.89. The highest BCUT2D eigenvalue weighted by Crippen LogP contribution is 2.15. The fraction of sp³-hybridized carbons (Fsp3) is 0.333. The molecule has 3 amide bonds. The van der Waals surface area contributed by atoms with Crippen LogP contribution in [0.4, 0.5) is 9.18 Å². The van der Waals surface area contributed by atoms with E-state index in [1.54, 1.807) is 6.07 Å². The molecular weight excluding hydrogens is 273 g/mol. The number of halogens is 2. The zero-order valence-electron chi connectivity index (χ0n) is 10.1. The van der Waals surface area contributed by atoms with E-state index in [1.165, 1.54) is 17.0 Å². The van der Waals surface area contributed by atoms with Gasteiger partial charge in [0.05, 0.1) is 5.02 Å². The predicted octanol–water partition coefficient (Wildman–Crippen LogP) is 1.12. The summed E-state index contributed by atoms with van der Waals surface area (Å²) in [6, 6.07) is 3.93. The average molecular weight is 286 g/mol. The first kappa shape index (κ1) is 13.6. The molecule has 1 aliphatic heterocycles. The zero-order valence-corrected chi connectivity index (χ0v) is 10.8. The van der Waals surface area contributed by atoms with Gasteiger partial charge in [0, 0.05) is 19.6 Å². The van der Waals surface area contributed by atoms with E-state index in [1.807, 2.05) is 0 Å². The van der Waals surface area contributed by atoms with Crippen molar-refractivity contribution in [3.63, 3.8) is 0 Å². The second kappa shape index (κ2) is 5.88. The number of hydrogen-bond acceptors (Lipinski definition) is 2. The molecule has 2 N–H and O–H groups in total. The zero-order chi connectivity index (χ0) is 13.8. The van der Waals surface area contributed by atoms with Gasteiger partial charge in [-0.15, -0.1) is 0 Å². The van der Waals surface area contributed by atoms with E-state index >= 15 is 0 Å². The first-order valence-electron chi connectivity index (χ1n) is 5.79. The average Bonchev–Trinajstić information content (AvgIpc) is 2.40. The lowest BCUT2D eigenvalue weighted by molar-refractivity contribution is -0.123. The molecule has 7 heteroatoms. The Morgan fingerprint density at radius 2 is 2.32 bits per heavy atom. The molecule has 19 heavy (non-hydrogen) atoms. The molecule has 0 atom stereocenters. The van der Waals surface area contributed by atoms with Gasteiger partial charge in [-0.05, 0) is 17.7 Å². The summed E-state index contributed by atoms with van der Waals surface area (Å²) in [5.41, 5.74) is 0.696. The molecule has 5 nitrogen and oxygen atoms in total. The van der Waals surface area contributed by atoms with Crippen molar-refractivity contribution < 1.29 is 14.0 Å². The molecule has 1 saturated heterocycles. The largest absolute Gasteiger partial charge is 0.353 e. The molecule has 0 saturated carbocycles. The standard InChI is InChI=1S/C12H13ClFN3O2/c13-9-5-8(1-2-10(9)14)6-16-12(19)17-4-3-15-11(18)7-17/h1-2,5H,3-4,6-7H2,(H,15,18)(H,16,19). The molecule has 1 fully saturated rings. The Hall–Kier alpha value is -1.82. The number of nitrogens with zero attached hydrogens (tertiary/aromatic N) is 1. The van der Waals surface area contributed by atoms with Crippen molar-refractivity contribution in [3.8, 4) is 0 Å². The summed E-state index contributed by atoms with van der Waals surface area (Å²) < 4.78 is 13.0. The molecule has 0 spiro atoms. The molecule has 2 rings (SSSR count). The van der Waals surface area contributed by atoms with E-state index in [0.717, 1.165) is 0 Å². The van der Waals surface area contributed by atoms with E-state index in [9.17, 15) is 14.0 Å². The van der Waals surface area contributed by atoms with Crippen LogP contribution in [0.1, 0.15) is 5.56 Å². The highest BCUT2D eigenvalue weighted by atomic mass is 35.5. The van der Waals surface area contributed by atoms with Crippen LogP contribution in [-0.2, 0) is 11.3 Å².